The summed E-state index contributed by atoms with van der Waals surface area (Å²) >= 11 is 0. The second-order valence-corrected chi connectivity index (χ2v) is 6.54. The first kappa shape index (κ1) is 14.8. The molecule has 0 spiro atoms. The van der Waals surface area contributed by atoms with Gasteiger partial charge in [-0.05, 0) is 44.1 Å². The van der Waals surface area contributed by atoms with Crippen molar-refractivity contribution in [3.63, 3.8) is 0 Å². The number of amides is 1. The summed E-state index contributed by atoms with van der Waals surface area (Å²) in [5, 5.41) is 6.71. The van der Waals surface area contributed by atoms with E-state index in [0.717, 1.165) is 25.3 Å². The Morgan fingerprint density at radius 2 is 2.00 bits per heavy atom. The van der Waals surface area contributed by atoms with Crippen molar-refractivity contribution in [3.8, 4) is 0 Å². The average molecular weight is 266 g/mol. The van der Waals surface area contributed by atoms with Gasteiger partial charge in [0.1, 0.15) is 0 Å². The van der Waals surface area contributed by atoms with Crippen LogP contribution in [0.15, 0.2) is 0 Å². The molecule has 1 aliphatic heterocycles. The Hall–Kier alpha value is -0.570. The topological polar surface area (TPSA) is 41.1 Å². The third kappa shape index (κ3) is 4.20. The Morgan fingerprint density at radius 3 is 2.79 bits per heavy atom. The smallest absolute Gasteiger partial charge is 0.237 e. The minimum Gasteiger partial charge on any atom is -0.352 e. The molecule has 110 valence electrons. The largest absolute Gasteiger partial charge is 0.352 e. The number of hydrogen-bond acceptors (Lipinski definition) is 2. The van der Waals surface area contributed by atoms with Gasteiger partial charge in [-0.3, -0.25) is 4.79 Å². The average Bonchev–Trinajstić information content (AvgIpc) is 2.64. The van der Waals surface area contributed by atoms with Crippen LogP contribution in [0.25, 0.3) is 0 Å². The molecule has 3 heteroatoms. The number of carbonyl (C=O) groups is 1. The predicted molar refractivity (Wildman–Crippen MR) is 79.0 cm³/mol. The summed E-state index contributed by atoms with van der Waals surface area (Å²) in [6.07, 6.45) is 9.79. The Kier molecular flexibility index (Phi) is 5.68. The molecule has 0 radical (unpaired) electrons. The molecule has 0 aromatic carbocycles. The molecule has 0 aromatic heterocycles. The molecular formula is C16H30N2O. The van der Waals surface area contributed by atoms with Gasteiger partial charge in [0.2, 0.25) is 5.91 Å². The van der Waals surface area contributed by atoms with Crippen LogP contribution in [0.1, 0.15) is 65.2 Å². The first-order chi connectivity index (χ1) is 9.20. The van der Waals surface area contributed by atoms with Gasteiger partial charge < -0.3 is 10.6 Å². The molecule has 1 heterocycles. The van der Waals surface area contributed by atoms with Crippen molar-refractivity contribution in [2.75, 3.05) is 6.54 Å². The van der Waals surface area contributed by atoms with E-state index < -0.39 is 0 Å². The van der Waals surface area contributed by atoms with E-state index in [1.807, 2.05) is 0 Å². The van der Waals surface area contributed by atoms with Gasteiger partial charge in [-0.25, -0.2) is 0 Å². The fraction of sp³-hybridized carbons (Fsp3) is 0.938. The van der Waals surface area contributed by atoms with E-state index in [2.05, 4.69) is 24.5 Å². The lowest BCUT2D eigenvalue weighted by Gasteiger charge is -2.31. The van der Waals surface area contributed by atoms with Crippen molar-refractivity contribution in [3.05, 3.63) is 0 Å². The summed E-state index contributed by atoms with van der Waals surface area (Å²) in [6, 6.07) is 0.452. The van der Waals surface area contributed by atoms with Gasteiger partial charge in [0.05, 0.1) is 6.04 Å². The van der Waals surface area contributed by atoms with E-state index in [9.17, 15) is 4.79 Å². The van der Waals surface area contributed by atoms with E-state index >= 15 is 0 Å². The zero-order valence-corrected chi connectivity index (χ0v) is 12.6. The van der Waals surface area contributed by atoms with Crippen LogP contribution in [0.5, 0.6) is 0 Å². The molecule has 2 rings (SSSR count). The summed E-state index contributed by atoms with van der Waals surface area (Å²) < 4.78 is 0. The number of nitrogens with one attached hydrogen (secondary N) is 2. The third-order valence-electron chi connectivity index (χ3n) is 5.10. The van der Waals surface area contributed by atoms with Crippen LogP contribution in [0.3, 0.4) is 0 Å². The number of rotatable bonds is 3. The van der Waals surface area contributed by atoms with Crippen molar-refractivity contribution in [2.24, 2.45) is 11.8 Å². The summed E-state index contributed by atoms with van der Waals surface area (Å²) in [4.78, 5) is 12.4. The highest BCUT2D eigenvalue weighted by molar-refractivity contribution is 5.82. The molecule has 2 fully saturated rings. The van der Waals surface area contributed by atoms with Gasteiger partial charge in [-0.1, -0.05) is 39.5 Å². The molecule has 19 heavy (non-hydrogen) atoms. The number of piperidine rings is 1. The quantitative estimate of drug-likeness (QED) is 0.771. The van der Waals surface area contributed by atoms with Crippen molar-refractivity contribution < 1.29 is 4.79 Å². The van der Waals surface area contributed by atoms with Crippen molar-refractivity contribution in [1.82, 2.24) is 10.6 Å². The molecule has 1 saturated heterocycles. The molecule has 4 unspecified atom stereocenters. The molecule has 1 aliphatic carbocycles. The zero-order valence-electron chi connectivity index (χ0n) is 12.6. The lowest BCUT2D eigenvalue weighted by atomic mass is 9.89. The second kappa shape index (κ2) is 7.28. The van der Waals surface area contributed by atoms with E-state index in [1.165, 1.54) is 38.5 Å². The van der Waals surface area contributed by atoms with Crippen molar-refractivity contribution in [1.29, 1.82) is 0 Å². The fourth-order valence-electron chi connectivity index (χ4n) is 3.56. The highest BCUT2D eigenvalue weighted by atomic mass is 16.2. The van der Waals surface area contributed by atoms with Crippen LogP contribution in [0.2, 0.25) is 0 Å². The Bertz CT molecular complexity index is 292. The first-order valence-electron chi connectivity index (χ1n) is 8.24. The molecule has 0 bridgehead atoms. The van der Waals surface area contributed by atoms with Crippen LogP contribution in [-0.2, 0) is 4.79 Å². The van der Waals surface area contributed by atoms with Crippen LogP contribution in [0, 0.1) is 11.8 Å². The Balaban J connectivity index is 1.85. The van der Waals surface area contributed by atoms with Crippen LogP contribution < -0.4 is 10.6 Å². The third-order valence-corrected chi connectivity index (χ3v) is 5.10. The van der Waals surface area contributed by atoms with E-state index in [-0.39, 0.29) is 11.9 Å². The highest BCUT2D eigenvalue weighted by Crippen LogP contribution is 2.24. The Morgan fingerprint density at radius 1 is 1.21 bits per heavy atom. The molecule has 1 amide bonds. The first-order valence-corrected chi connectivity index (χ1v) is 8.24. The molecular weight excluding hydrogens is 236 g/mol. The minimum atomic E-state index is 0.0501. The minimum absolute atomic E-state index is 0.0501. The second-order valence-electron chi connectivity index (χ2n) is 6.54. The predicted octanol–water partition coefficient (Wildman–Crippen LogP) is 2.85. The van der Waals surface area contributed by atoms with Gasteiger partial charge >= 0.3 is 0 Å². The summed E-state index contributed by atoms with van der Waals surface area (Å²) in [5.41, 5.74) is 0. The van der Waals surface area contributed by atoms with Gasteiger partial charge in [0, 0.05) is 6.04 Å². The lowest BCUT2D eigenvalue weighted by molar-refractivity contribution is -0.125. The summed E-state index contributed by atoms with van der Waals surface area (Å²) in [6.45, 7) is 5.52. The molecule has 2 N–H and O–H groups in total. The molecule has 2 aliphatic rings. The maximum atomic E-state index is 12.4. The Labute approximate surface area is 117 Å². The number of hydrogen-bond donors (Lipinski definition) is 2. The number of carbonyl (C=O) groups excluding carboxylic acids is 1. The van der Waals surface area contributed by atoms with Crippen molar-refractivity contribution in [2.45, 2.75) is 77.3 Å². The summed E-state index contributed by atoms with van der Waals surface area (Å²) in [5.74, 6) is 1.61. The van der Waals surface area contributed by atoms with Crippen LogP contribution >= 0.6 is 0 Å². The van der Waals surface area contributed by atoms with Gasteiger partial charge in [-0.15, -0.1) is 0 Å². The molecule has 3 nitrogen and oxygen atoms in total. The fourth-order valence-corrected chi connectivity index (χ4v) is 3.56. The van der Waals surface area contributed by atoms with E-state index in [0.29, 0.717) is 12.0 Å². The lowest BCUT2D eigenvalue weighted by Crippen LogP contribution is -2.52. The van der Waals surface area contributed by atoms with E-state index in [1.54, 1.807) is 0 Å². The standard InChI is InChI=1S/C16H30N2O/c1-3-13-9-10-17-15(11-13)16(19)18-14-8-6-4-5-7-12(14)2/h12-15,17H,3-11H2,1-2H3,(H,18,19). The molecule has 0 aromatic rings. The molecule has 4 atom stereocenters. The normalized spacial score (nSPS) is 36.5. The van der Waals surface area contributed by atoms with Gasteiger partial charge in [0.15, 0.2) is 0 Å². The van der Waals surface area contributed by atoms with Crippen molar-refractivity contribution >= 4 is 5.91 Å². The SMILES string of the molecule is CCC1CCNC(C(=O)NC2CCCCCC2C)C1. The maximum absolute atomic E-state index is 12.4. The van der Waals surface area contributed by atoms with Crippen LogP contribution in [-0.4, -0.2) is 24.5 Å². The van der Waals surface area contributed by atoms with Gasteiger partial charge in [-0.2, -0.15) is 0 Å². The highest BCUT2D eigenvalue weighted by Gasteiger charge is 2.29. The van der Waals surface area contributed by atoms with E-state index in [4.69, 9.17) is 0 Å². The summed E-state index contributed by atoms with van der Waals surface area (Å²) in [7, 11) is 0. The van der Waals surface area contributed by atoms with Crippen LogP contribution in [0.4, 0.5) is 0 Å². The monoisotopic (exact) mass is 266 g/mol. The van der Waals surface area contributed by atoms with Gasteiger partial charge in [0.25, 0.3) is 0 Å². The maximum Gasteiger partial charge on any atom is 0.237 e. The zero-order chi connectivity index (χ0) is 13.7. The molecule has 1 saturated carbocycles.